The summed E-state index contributed by atoms with van der Waals surface area (Å²) in [6, 6.07) is 6.90. The molecule has 1 aliphatic rings. The van der Waals surface area contributed by atoms with Crippen molar-refractivity contribution in [3.8, 4) is 0 Å². The smallest absolute Gasteiger partial charge is 0.194 e. The van der Waals surface area contributed by atoms with Crippen molar-refractivity contribution in [3.05, 3.63) is 42.0 Å². The van der Waals surface area contributed by atoms with E-state index < -0.39 is 0 Å². The Morgan fingerprint density at radius 2 is 2.12 bits per heavy atom. The quantitative estimate of drug-likeness (QED) is 0.678. The summed E-state index contributed by atoms with van der Waals surface area (Å²) < 4.78 is 4.27. The molecule has 2 heterocycles. The average molecular weight is 328 g/mol. The van der Waals surface area contributed by atoms with E-state index in [2.05, 4.69) is 69.1 Å². The Hall–Kier alpha value is -2.24. The third-order valence-electron chi connectivity index (χ3n) is 4.81. The van der Waals surface area contributed by atoms with Crippen LogP contribution in [0.15, 0.2) is 35.6 Å². The molecular weight excluding hydrogens is 300 g/mol. The van der Waals surface area contributed by atoms with Crippen molar-refractivity contribution in [1.29, 1.82) is 0 Å². The number of aromatic nitrogens is 3. The molecule has 1 fully saturated rings. The van der Waals surface area contributed by atoms with Gasteiger partial charge in [0.1, 0.15) is 0 Å². The molecule has 2 aromatic rings. The van der Waals surface area contributed by atoms with Crippen molar-refractivity contribution >= 4 is 5.96 Å². The van der Waals surface area contributed by atoms with Crippen LogP contribution in [0.2, 0.25) is 0 Å². The van der Waals surface area contributed by atoms with Gasteiger partial charge in [0.05, 0.1) is 24.8 Å². The Labute approximate surface area is 144 Å². The van der Waals surface area contributed by atoms with E-state index in [0.29, 0.717) is 12.6 Å². The van der Waals surface area contributed by atoms with Gasteiger partial charge in [-0.3, -0.25) is 9.67 Å². The highest BCUT2D eigenvalue weighted by Gasteiger charge is 2.17. The fraction of sp³-hybridized carbons (Fsp3) is 0.556. The molecule has 0 saturated heterocycles. The van der Waals surface area contributed by atoms with Gasteiger partial charge in [0.15, 0.2) is 5.96 Å². The zero-order chi connectivity index (χ0) is 16.9. The predicted molar refractivity (Wildman–Crippen MR) is 96.8 cm³/mol. The van der Waals surface area contributed by atoms with Gasteiger partial charge in [-0.2, -0.15) is 5.10 Å². The third-order valence-corrected chi connectivity index (χ3v) is 4.81. The lowest BCUT2D eigenvalue weighted by Gasteiger charge is -2.22. The molecule has 0 atom stereocenters. The van der Waals surface area contributed by atoms with Gasteiger partial charge in [-0.05, 0) is 31.0 Å². The minimum atomic E-state index is 0.595. The minimum Gasteiger partial charge on any atom is -0.353 e. The first-order chi connectivity index (χ1) is 11.7. The molecule has 2 aromatic heterocycles. The van der Waals surface area contributed by atoms with E-state index in [-0.39, 0.29) is 0 Å². The van der Waals surface area contributed by atoms with Crippen molar-refractivity contribution in [2.24, 2.45) is 12.0 Å². The third kappa shape index (κ3) is 3.80. The first-order valence-corrected chi connectivity index (χ1v) is 8.73. The van der Waals surface area contributed by atoms with Crippen LogP contribution in [0, 0.1) is 0 Å². The van der Waals surface area contributed by atoms with Gasteiger partial charge in [0, 0.05) is 39.2 Å². The zero-order valence-corrected chi connectivity index (χ0v) is 14.9. The molecule has 1 saturated carbocycles. The summed E-state index contributed by atoms with van der Waals surface area (Å²) in [5.41, 5.74) is 2.32. The van der Waals surface area contributed by atoms with Crippen LogP contribution in [-0.2, 0) is 20.1 Å². The van der Waals surface area contributed by atoms with Gasteiger partial charge >= 0.3 is 0 Å². The summed E-state index contributed by atoms with van der Waals surface area (Å²) in [6.45, 7) is 1.52. The molecule has 1 N–H and O–H groups in total. The van der Waals surface area contributed by atoms with E-state index in [1.165, 1.54) is 31.4 Å². The number of nitrogens with zero attached hydrogens (tertiary/aromatic N) is 5. The molecule has 0 aliphatic heterocycles. The topological polar surface area (TPSA) is 50.4 Å². The van der Waals surface area contributed by atoms with Crippen LogP contribution >= 0.6 is 0 Å². The summed E-state index contributed by atoms with van der Waals surface area (Å²) in [5.74, 6) is 0.881. The molecule has 1 aliphatic carbocycles. The summed E-state index contributed by atoms with van der Waals surface area (Å²) in [5, 5.41) is 8.14. The van der Waals surface area contributed by atoms with E-state index in [9.17, 15) is 0 Å². The summed E-state index contributed by atoms with van der Waals surface area (Å²) in [7, 11) is 5.94. The van der Waals surface area contributed by atoms with Crippen LogP contribution in [-0.4, -0.2) is 39.3 Å². The fourth-order valence-corrected chi connectivity index (χ4v) is 3.38. The summed E-state index contributed by atoms with van der Waals surface area (Å²) in [6.07, 6.45) is 9.35. The lowest BCUT2D eigenvalue weighted by atomic mass is 10.3. The SMILES string of the molecule is CN=C(NCc1ccn(C2CCCC2)n1)N(C)Cc1cccn1C. The van der Waals surface area contributed by atoms with Gasteiger partial charge in [-0.1, -0.05) is 12.8 Å². The van der Waals surface area contributed by atoms with Gasteiger partial charge in [0.25, 0.3) is 0 Å². The van der Waals surface area contributed by atoms with E-state index in [1.807, 2.05) is 7.05 Å². The normalized spacial score (nSPS) is 15.9. The molecule has 0 bridgehead atoms. The highest BCUT2D eigenvalue weighted by Crippen LogP contribution is 2.28. The van der Waals surface area contributed by atoms with Gasteiger partial charge in [-0.15, -0.1) is 0 Å². The molecule has 3 rings (SSSR count). The molecule has 0 radical (unpaired) electrons. The van der Waals surface area contributed by atoms with Gasteiger partial charge in [-0.25, -0.2) is 0 Å². The molecular formula is C18H28N6. The number of aliphatic imine (C=N–C) groups is 1. The van der Waals surface area contributed by atoms with Crippen molar-refractivity contribution in [2.75, 3.05) is 14.1 Å². The summed E-state index contributed by atoms with van der Waals surface area (Å²) >= 11 is 0. The highest BCUT2D eigenvalue weighted by molar-refractivity contribution is 5.79. The van der Waals surface area contributed by atoms with Crippen molar-refractivity contribution in [3.63, 3.8) is 0 Å². The van der Waals surface area contributed by atoms with Crippen LogP contribution in [0.25, 0.3) is 0 Å². The first-order valence-electron chi connectivity index (χ1n) is 8.73. The number of nitrogens with one attached hydrogen (secondary N) is 1. The zero-order valence-electron chi connectivity index (χ0n) is 14.9. The van der Waals surface area contributed by atoms with Crippen molar-refractivity contribution in [1.82, 2.24) is 24.6 Å². The Balaban J connectivity index is 1.55. The Morgan fingerprint density at radius 1 is 1.33 bits per heavy atom. The van der Waals surface area contributed by atoms with Gasteiger partial charge < -0.3 is 14.8 Å². The molecule has 0 unspecified atom stereocenters. The fourth-order valence-electron chi connectivity index (χ4n) is 3.38. The maximum Gasteiger partial charge on any atom is 0.194 e. The van der Waals surface area contributed by atoms with Crippen LogP contribution in [0.3, 0.4) is 0 Å². The summed E-state index contributed by atoms with van der Waals surface area (Å²) in [4.78, 5) is 6.51. The van der Waals surface area contributed by atoms with Crippen LogP contribution in [0.5, 0.6) is 0 Å². The molecule has 0 aromatic carbocycles. The Kier molecular flexibility index (Phi) is 5.23. The maximum atomic E-state index is 4.72. The minimum absolute atomic E-state index is 0.595. The van der Waals surface area contributed by atoms with E-state index >= 15 is 0 Å². The molecule has 0 amide bonds. The number of rotatable bonds is 5. The second-order valence-corrected chi connectivity index (χ2v) is 6.59. The van der Waals surface area contributed by atoms with E-state index in [4.69, 9.17) is 5.10 Å². The van der Waals surface area contributed by atoms with Crippen LogP contribution in [0.4, 0.5) is 0 Å². The van der Waals surface area contributed by atoms with E-state index in [0.717, 1.165) is 18.2 Å². The second-order valence-electron chi connectivity index (χ2n) is 6.59. The monoisotopic (exact) mass is 328 g/mol. The predicted octanol–water partition coefficient (Wildman–Crippen LogP) is 2.54. The largest absolute Gasteiger partial charge is 0.353 e. The second kappa shape index (κ2) is 7.55. The lowest BCUT2D eigenvalue weighted by Crippen LogP contribution is -2.38. The molecule has 0 spiro atoms. The van der Waals surface area contributed by atoms with Crippen molar-refractivity contribution < 1.29 is 0 Å². The van der Waals surface area contributed by atoms with Gasteiger partial charge in [0.2, 0.25) is 0 Å². The molecule has 130 valence electrons. The van der Waals surface area contributed by atoms with E-state index in [1.54, 1.807) is 0 Å². The number of hydrogen-bond acceptors (Lipinski definition) is 2. The molecule has 6 nitrogen and oxygen atoms in total. The number of aryl methyl sites for hydroxylation is 1. The maximum absolute atomic E-state index is 4.72. The van der Waals surface area contributed by atoms with Crippen LogP contribution < -0.4 is 5.32 Å². The average Bonchev–Trinajstić information content (AvgIpc) is 3.30. The Bertz CT molecular complexity index is 677. The number of guanidine groups is 1. The van der Waals surface area contributed by atoms with Crippen molar-refractivity contribution in [2.45, 2.75) is 44.8 Å². The molecule has 6 heteroatoms. The Morgan fingerprint density at radius 3 is 2.79 bits per heavy atom. The standard InChI is InChI=1S/C18H28N6/c1-19-18(23(3)14-17-9-6-11-22(17)2)20-13-15-10-12-24(21-15)16-7-4-5-8-16/h6,9-12,16H,4-5,7-8,13-14H2,1-3H3,(H,19,20). The highest BCUT2D eigenvalue weighted by atomic mass is 15.3. The number of hydrogen-bond donors (Lipinski definition) is 1. The molecule has 24 heavy (non-hydrogen) atoms. The first kappa shape index (κ1) is 16.6. The lowest BCUT2D eigenvalue weighted by molar-refractivity contribution is 0.453. The van der Waals surface area contributed by atoms with Crippen LogP contribution in [0.1, 0.15) is 43.1 Å².